The van der Waals surface area contributed by atoms with E-state index in [4.69, 9.17) is 11.6 Å². The molecule has 1 aliphatic heterocycles. The minimum absolute atomic E-state index is 0.116. The van der Waals surface area contributed by atoms with Gasteiger partial charge in [-0.15, -0.1) is 0 Å². The van der Waals surface area contributed by atoms with E-state index in [1.54, 1.807) is 0 Å². The second-order valence-electron chi connectivity index (χ2n) is 7.16. The van der Waals surface area contributed by atoms with Crippen LogP contribution in [0, 0.1) is 5.92 Å². The predicted molar refractivity (Wildman–Crippen MR) is 112 cm³/mol. The third kappa shape index (κ3) is 5.72. The highest BCUT2D eigenvalue weighted by molar-refractivity contribution is 6.31. The number of aryl methyl sites for hydroxylation is 1. The normalized spacial score (nSPS) is 15.5. The van der Waals surface area contributed by atoms with Gasteiger partial charge in [-0.1, -0.05) is 54.9 Å². The molecule has 2 aromatic rings. The first kappa shape index (κ1) is 19.7. The molecule has 0 atom stereocenters. The van der Waals surface area contributed by atoms with E-state index in [1.807, 2.05) is 42.5 Å². The number of likely N-dealkylation sites (tertiary alicyclic amines) is 1. The van der Waals surface area contributed by atoms with E-state index in [-0.39, 0.29) is 6.03 Å². The fraction of sp³-hybridized carbons (Fsp3) is 0.409. The Bertz CT molecular complexity index is 757. The molecule has 27 heavy (non-hydrogen) atoms. The van der Waals surface area contributed by atoms with Crippen LogP contribution in [0.15, 0.2) is 48.5 Å². The number of hydrogen-bond acceptors (Lipinski definition) is 2. The van der Waals surface area contributed by atoms with Crippen molar-refractivity contribution in [1.82, 2.24) is 10.2 Å². The van der Waals surface area contributed by atoms with Gasteiger partial charge in [-0.05, 0) is 61.5 Å². The first-order chi connectivity index (χ1) is 13.2. The quantitative estimate of drug-likeness (QED) is 0.739. The molecular weight excluding hydrogens is 358 g/mol. The Morgan fingerprint density at radius 2 is 1.74 bits per heavy atom. The molecule has 4 nitrogen and oxygen atoms in total. The van der Waals surface area contributed by atoms with Crippen molar-refractivity contribution >= 4 is 23.3 Å². The van der Waals surface area contributed by atoms with Crippen molar-refractivity contribution in [1.29, 1.82) is 0 Å². The summed E-state index contributed by atoms with van der Waals surface area (Å²) in [5.74, 6) is 0.527. The maximum atomic E-state index is 12.2. The minimum Gasteiger partial charge on any atom is -0.338 e. The summed E-state index contributed by atoms with van der Waals surface area (Å²) in [6, 6.07) is 15.9. The molecule has 1 fully saturated rings. The van der Waals surface area contributed by atoms with Gasteiger partial charge in [0.15, 0.2) is 0 Å². The van der Waals surface area contributed by atoms with Gasteiger partial charge in [0.2, 0.25) is 0 Å². The highest BCUT2D eigenvalue weighted by Crippen LogP contribution is 2.22. The largest absolute Gasteiger partial charge is 0.338 e. The molecule has 0 aliphatic carbocycles. The highest BCUT2D eigenvalue weighted by Gasteiger charge is 2.20. The van der Waals surface area contributed by atoms with Crippen LogP contribution in [0.1, 0.15) is 30.9 Å². The number of piperidine rings is 1. The number of para-hydroxylation sites is 1. The molecule has 2 amide bonds. The van der Waals surface area contributed by atoms with Gasteiger partial charge in [-0.2, -0.15) is 0 Å². The Hall–Kier alpha value is -2.04. The van der Waals surface area contributed by atoms with E-state index in [1.165, 1.54) is 5.56 Å². The number of nitrogens with one attached hydrogen (secondary N) is 2. The van der Waals surface area contributed by atoms with Crippen molar-refractivity contribution in [3.63, 3.8) is 0 Å². The average molecular weight is 386 g/mol. The van der Waals surface area contributed by atoms with E-state index in [0.717, 1.165) is 61.7 Å². The second-order valence-corrected chi connectivity index (χ2v) is 7.56. The van der Waals surface area contributed by atoms with Crippen LogP contribution < -0.4 is 10.6 Å². The second kappa shape index (κ2) is 9.77. The van der Waals surface area contributed by atoms with E-state index in [9.17, 15) is 4.79 Å². The van der Waals surface area contributed by atoms with Crippen molar-refractivity contribution in [2.24, 2.45) is 5.92 Å². The SMILES string of the molecule is CCc1ccccc1NC(=O)NCC1CCN(Cc2ccccc2Cl)CC1. The van der Waals surface area contributed by atoms with Gasteiger partial charge in [-0.3, -0.25) is 4.90 Å². The van der Waals surface area contributed by atoms with Crippen molar-refractivity contribution in [2.45, 2.75) is 32.7 Å². The van der Waals surface area contributed by atoms with Gasteiger partial charge < -0.3 is 10.6 Å². The molecule has 1 saturated heterocycles. The monoisotopic (exact) mass is 385 g/mol. The van der Waals surface area contributed by atoms with E-state index >= 15 is 0 Å². The first-order valence-electron chi connectivity index (χ1n) is 9.74. The van der Waals surface area contributed by atoms with E-state index in [2.05, 4.69) is 28.5 Å². The number of carbonyl (C=O) groups excluding carboxylic acids is 1. The molecule has 2 N–H and O–H groups in total. The number of anilines is 1. The van der Waals surface area contributed by atoms with Crippen LogP contribution in [-0.4, -0.2) is 30.6 Å². The molecule has 1 aliphatic rings. The summed E-state index contributed by atoms with van der Waals surface area (Å²) in [5, 5.41) is 6.85. The summed E-state index contributed by atoms with van der Waals surface area (Å²) in [6.07, 6.45) is 3.09. The molecule has 0 aromatic heterocycles. The van der Waals surface area contributed by atoms with Crippen LogP contribution in [0.5, 0.6) is 0 Å². The van der Waals surface area contributed by atoms with Gasteiger partial charge in [0, 0.05) is 23.8 Å². The zero-order valence-electron chi connectivity index (χ0n) is 15.9. The number of nitrogens with zero attached hydrogens (tertiary/aromatic N) is 1. The van der Waals surface area contributed by atoms with Crippen LogP contribution in [0.3, 0.4) is 0 Å². The topological polar surface area (TPSA) is 44.4 Å². The summed E-state index contributed by atoms with van der Waals surface area (Å²) < 4.78 is 0. The van der Waals surface area contributed by atoms with E-state index in [0.29, 0.717) is 5.92 Å². The smallest absolute Gasteiger partial charge is 0.319 e. The molecule has 0 bridgehead atoms. The molecular formula is C22H28ClN3O. The third-order valence-electron chi connectivity index (χ3n) is 5.26. The van der Waals surface area contributed by atoms with Crippen LogP contribution in [0.4, 0.5) is 10.5 Å². The van der Waals surface area contributed by atoms with Crippen LogP contribution in [0.25, 0.3) is 0 Å². The Kier molecular flexibility index (Phi) is 7.13. The molecule has 0 spiro atoms. The van der Waals surface area contributed by atoms with Gasteiger partial charge in [-0.25, -0.2) is 4.79 Å². The maximum Gasteiger partial charge on any atom is 0.319 e. The van der Waals surface area contributed by atoms with Crippen molar-refractivity contribution < 1.29 is 4.79 Å². The lowest BCUT2D eigenvalue weighted by molar-refractivity contribution is 0.176. The summed E-state index contributed by atoms with van der Waals surface area (Å²) >= 11 is 6.26. The minimum atomic E-state index is -0.116. The maximum absolute atomic E-state index is 12.2. The van der Waals surface area contributed by atoms with Crippen molar-refractivity contribution in [2.75, 3.05) is 25.0 Å². The molecule has 0 saturated carbocycles. The summed E-state index contributed by atoms with van der Waals surface area (Å²) in [6.45, 7) is 5.79. The molecule has 1 heterocycles. The van der Waals surface area contributed by atoms with Crippen LogP contribution >= 0.6 is 11.6 Å². The van der Waals surface area contributed by atoms with Gasteiger partial charge in [0.1, 0.15) is 0 Å². The van der Waals surface area contributed by atoms with Crippen molar-refractivity contribution in [3.8, 4) is 0 Å². The zero-order chi connectivity index (χ0) is 19.1. The Morgan fingerprint density at radius 1 is 1.07 bits per heavy atom. The lowest BCUT2D eigenvalue weighted by Crippen LogP contribution is -2.39. The predicted octanol–water partition coefficient (Wildman–Crippen LogP) is 4.94. The van der Waals surface area contributed by atoms with Gasteiger partial charge in [0.25, 0.3) is 0 Å². The number of hydrogen-bond donors (Lipinski definition) is 2. The van der Waals surface area contributed by atoms with E-state index < -0.39 is 0 Å². The number of urea groups is 1. The number of amides is 2. The molecule has 3 rings (SSSR count). The lowest BCUT2D eigenvalue weighted by atomic mass is 9.96. The summed E-state index contributed by atoms with van der Waals surface area (Å²) in [5.41, 5.74) is 3.23. The number of halogens is 1. The molecule has 5 heteroatoms. The Morgan fingerprint density at radius 3 is 2.44 bits per heavy atom. The summed E-state index contributed by atoms with van der Waals surface area (Å²) in [7, 11) is 0. The van der Waals surface area contributed by atoms with Crippen molar-refractivity contribution in [3.05, 3.63) is 64.7 Å². The Labute approximate surface area is 166 Å². The fourth-order valence-corrected chi connectivity index (χ4v) is 3.77. The number of rotatable bonds is 6. The average Bonchev–Trinajstić information content (AvgIpc) is 2.69. The summed E-state index contributed by atoms with van der Waals surface area (Å²) in [4.78, 5) is 14.7. The molecule has 2 aromatic carbocycles. The fourth-order valence-electron chi connectivity index (χ4n) is 3.57. The molecule has 0 radical (unpaired) electrons. The number of benzene rings is 2. The van der Waals surface area contributed by atoms with Gasteiger partial charge in [0.05, 0.1) is 0 Å². The highest BCUT2D eigenvalue weighted by atomic mass is 35.5. The number of carbonyl (C=O) groups is 1. The van der Waals surface area contributed by atoms with Gasteiger partial charge >= 0.3 is 6.03 Å². The Balaban J connectivity index is 1.40. The standard InChI is InChI=1S/C22H28ClN3O/c1-2-18-7-4-6-10-21(18)25-22(27)24-15-17-11-13-26(14-12-17)16-19-8-3-5-9-20(19)23/h3-10,17H,2,11-16H2,1H3,(H2,24,25,27). The molecule has 144 valence electrons. The zero-order valence-corrected chi connectivity index (χ0v) is 16.6. The first-order valence-corrected chi connectivity index (χ1v) is 10.1. The molecule has 0 unspecified atom stereocenters. The van der Waals surface area contributed by atoms with Crippen LogP contribution in [0.2, 0.25) is 5.02 Å². The third-order valence-corrected chi connectivity index (χ3v) is 5.63. The van der Waals surface area contributed by atoms with Crippen LogP contribution in [-0.2, 0) is 13.0 Å². The lowest BCUT2D eigenvalue weighted by Gasteiger charge is -2.32.